The van der Waals surface area contributed by atoms with Gasteiger partial charge in [0.25, 0.3) is 0 Å². The van der Waals surface area contributed by atoms with Crippen LogP contribution in [0.25, 0.3) is 11.0 Å². The van der Waals surface area contributed by atoms with Crippen LogP contribution in [0.3, 0.4) is 0 Å². The molecule has 1 atom stereocenters. The van der Waals surface area contributed by atoms with Gasteiger partial charge >= 0.3 is 0 Å². The standard InChI is InChI=1S/C23H19Cl3N2O/c1-14-11-17(8-10-18(14)24)29-15(2)23-27-21-5-3-4-6-22(21)28(23)13-16-7-9-19(25)20(26)12-16/h3-12,15H,13H2,1-2H3. The molecule has 6 heteroatoms. The fourth-order valence-electron chi connectivity index (χ4n) is 3.34. The smallest absolute Gasteiger partial charge is 0.153 e. The number of hydrogen-bond donors (Lipinski definition) is 0. The molecule has 29 heavy (non-hydrogen) atoms. The normalized spacial score (nSPS) is 12.3. The first-order chi connectivity index (χ1) is 13.9. The number of fused-ring (bicyclic) bond motifs is 1. The minimum absolute atomic E-state index is 0.259. The van der Waals surface area contributed by atoms with Crippen molar-refractivity contribution >= 4 is 45.8 Å². The van der Waals surface area contributed by atoms with E-state index in [1.54, 1.807) is 0 Å². The van der Waals surface area contributed by atoms with Crippen molar-refractivity contribution in [3.05, 3.63) is 92.7 Å². The molecule has 0 fully saturated rings. The molecule has 1 heterocycles. The first kappa shape index (κ1) is 20.1. The van der Waals surface area contributed by atoms with Gasteiger partial charge in [0.2, 0.25) is 0 Å². The predicted molar refractivity (Wildman–Crippen MR) is 121 cm³/mol. The SMILES string of the molecule is Cc1cc(OC(C)c2nc3ccccc3n2Cc2ccc(Cl)c(Cl)c2)ccc1Cl. The van der Waals surface area contributed by atoms with E-state index in [4.69, 9.17) is 44.5 Å². The maximum Gasteiger partial charge on any atom is 0.153 e. The summed E-state index contributed by atoms with van der Waals surface area (Å²) < 4.78 is 8.35. The lowest BCUT2D eigenvalue weighted by Crippen LogP contribution is -2.13. The largest absolute Gasteiger partial charge is 0.483 e. The van der Waals surface area contributed by atoms with Crippen molar-refractivity contribution in [3.63, 3.8) is 0 Å². The van der Waals surface area contributed by atoms with Gasteiger partial charge < -0.3 is 9.30 Å². The van der Waals surface area contributed by atoms with Crippen LogP contribution >= 0.6 is 34.8 Å². The number of benzene rings is 3. The summed E-state index contributed by atoms with van der Waals surface area (Å²) in [5.41, 5.74) is 3.97. The molecule has 4 aromatic rings. The minimum Gasteiger partial charge on any atom is -0.483 e. The fraction of sp³-hybridized carbons (Fsp3) is 0.174. The van der Waals surface area contributed by atoms with Crippen molar-refractivity contribution in [1.82, 2.24) is 9.55 Å². The van der Waals surface area contributed by atoms with Gasteiger partial charge in [-0.05, 0) is 67.4 Å². The number of aryl methyl sites for hydroxylation is 1. The van der Waals surface area contributed by atoms with E-state index in [2.05, 4.69) is 10.6 Å². The molecule has 0 radical (unpaired) electrons. The second-order valence-corrected chi connectivity index (χ2v) is 8.19. The number of hydrogen-bond acceptors (Lipinski definition) is 2. The molecule has 148 valence electrons. The molecule has 0 aliphatic heterocycles. The Kier molecular flexibility index (Phi) is 5.73. The summed E-state index contributed by atoms with van der Waals surface area (Å²) in [6, 6.07) is 19.4. The molecule has 0 spiro atoms. The van der Waals surface area contributed by atoms with Crippen LogP contribution in [0.4, 0.5) is 0 Å². The average molecular weight is 446 g/mol. The van der Waals surface area contributed by atoms with Crippen molar-refractivity contribution in [2.24, 2.45) is 0 Å². The van der Waals surface area contributed by atoms with Crippen LogP contribution in [0.5, 0.6) is 5.75 Å². The highest BCUT2D eigenvalue weighted by Crippen LogP contribution is 2.29. The summed E-state index contributed by atoms with van der Waals surface area (Å²) in [6.45, 7) is 4.57. The van der Waals surface area contributed by atoms with Gasteiger partial charge in [-0.1, -0.05) is 53.0 Å². The summed E-state index contributed by atoms with van der Waals surface area (Å²) in [4.78, 5) is 4.84. The molecule has 1 aromatic heterocycles. The molecule has 0 saturated heterocycles. The van der Waals surface area contributed by atoms with Gasteiger partial charge in [0, 0.05) is 11.6 Å². The number of imidazole rings is 1. The highest BCUT2D eigenvalue weighted by Gasteiger charge is 2.19. The number of aromatic nitrogens is 2. The third-order valence-electron chi connectivity index (χ3n) is 4.81. The summed E-state index contributed by atoms with van der Waals surface area (Å²) in [5, 5.41) is 1.80. The maximum absolute atomic E-state index is 6.22. The van der Waals surface area contributed by atoms with Gasteiger partial charge in [-0.3, -0.25) is 0 Å². The van der Waals surface area contributed by atoms with Crippen molar-refractivity contribution in [1.29, 1.82) is 0 Å². The summed E-state index contributed by atoms with van der Waals surface area (Å²) >= 11 is 18.4. The predicted octanol–water partition coefficient (Wildman–Crippen LogP) is 7.49. The second-order valence-electron chi connectivity index (χ2n) is 6.96. The van der Waals surface area contributed by atoms with Gasteiger partial charge in [0.05, 0.1) is 21.1 Å². The van der Waals surface area contributed by atoms with Gasteiger partial charge in [-0.2, -0.15) is 0 Å². The lowest BCUT2D eigenvalue weighted by molar-refractivity contribution is 0.212. The van der Waals surface area contributed by atoms with E-state index >= 15 is 0 Å². The molecule has 3 aromatic carbocycles. The molecule has 0 aliphatic rings. The fourth-order valence-corrected chi connectivity index (χ4v) is 3.78. The van der Waals surface area contributed by atoms with E-state index in [-0.39, 0.29) is 6.10 Å². The Morgan fingerprint density at radius 2 is 1.69 bits per heavy atom. The second kappa shape index (κ2) is 8.27. The zero-order chi connectivity index (χ0) is 20.5. The maximum atomic E-state index is 6.22. The lowest BCUT2D eigenvalue weighted by Gasteiger charge is -2.17. The van der Waals surface area contributed by atoms with Gasteiger partial charge in [0.15, 0.2) is 11.9 Å². The number of rotatable bonds is 5. The first-order valence-electron chi connectivity index (χ1n) is 9.24. The van der Waals surface area contributed by atoms with Crippen LogP contribution in [0.15, 0.2) is 60.7 Å². The molecule has 3 nitrogen and oxygen atoms in total. The van der Waals surface area contributed by atoms with Crippen LogP contribution in [-0.2, 0) is 6.54 Å². The highest BCUT2D eigenvalue weighted by atomic mass is 35.5. The molecule has 4 rings (SSSR count). The Hall–Kier alpha value is -2.20. The van der Waals surface area contributed by atoms with E-state index in [0.717, 1.165) is 38.8 Å². The lowest BCUT2D eigenvalue weighted by atomic mass is 10.2. The molecule has 0 amide bonds. The molecule has 1 unspecified atom stereocenters. The number of ether oxygens (including phenoxy) is 1. The Balaban J connectivity index is 1.72. The van der Waals surface area contributed by atoms with Crippen LogP contribution < -0.4 is 4.74 Å². The summed E-state index contributed by atoms with van der Waals surface area (Å²) in [7, 11) is 0. The van der Waals surface area contributed by atoms with Crippen LogP contribution in [0, 0.1) is 6.92 Å². The van der Waals surface area contributed by atoms with Gasteiger partial charge in [0.1, 0.15) is 5.75 Å². The Bertz CT molecular complexity index is 1190. The van der Waals surface area contributed by atoms with E-state index in [1.807, 2.05) is 68.4 Å². The Morgan fingerprint density at radius 3 is 2.45 bits per heavy atom. The van der Waals surface area contributed by atoms with Crippen molar-refractivity contribution in [3.8, 4) is 5.75 Å². The average Bonchev–Trinajstić information content (AvgIpc) is 3.06. The molecular weight excluding hydrogens is 427 g/mol. The number of para-hydroxylation sites is 2. The zero-order valence-electron chi connectivity index (χ0n) is 16.0. The van der Waals surface area contributed by atoms with Crippen molar-refractivity contribution < 1.29 is 4.74 Å². The first-order valence-corrected chi connectivity index (χ1v) is 10.4. The Labute approximate surface area is 184 Å². The van der Waals surface area contributed by atoms with Gasteiger partial charge in [-0.25, -0.2) is 4.98 Å². The molecule has 0 bridgehead atoms. The quantitative estimate of drug-likeness (QED) is 0.318. The van der Waals surface area contributed by atoms with E-state index in [0.29, 0.717) is 16.6 Å². The number of halogens is 3. The molecule has 0 aliphatic carbocycles. The van der Waals surface area contributed by atoms with Crippen LogP contribution in [-0.4, -0.2) is 9.55 Å². The molecule has 0 N–H and O–H groups in total. The molecule has 0 saturated carbocycles. The van der Waals surface area contributed by atoms with Gasteiger partial charge in [-0.15, -0.1) is 0 Å². The third kappa shape index (κ3) is 4.23. The van der Waals surface area contributed by atoms with Crippen molar-refractivity contribution in [2.75, 3.05) is 0 Å². The van der Waals surface area contributed by atoms with E-state index in [9.17, 15) is 0 Å². The Morgan fingerprint density at radius 1 is 0.931 bits per heavy atom. The van der Waals surface area contributed by atoms with Crippen molar-refractivity contribution in [2.45, 2.75) is 26.5 Å². The zero-order valence-corrected chi connectivity index (χ0v) is 18.3. The van der Waals surface area contributed by atoms with E-state index in [1.165, 1.54) is 0 Å². The van der Waals surface area contributed by atoms with E-state index < -0.39 is 0 Å². The molecular formula is C23H19Cl3N2O. The topological polar surface area (TPSA) is 27.1 Å². The van der Waals surface area contributed by atoms with Crippen LogP contribution in [0.2, 0.25) is 15.1 Å². The number of nitrogens with zero attached hydrogens (tertiary/aromatic N) is 2. The minimum atomic E-state index is -0.259. The summed E-state index contributed by atoms with van der Waals surface area (Å²) in [5.74, 6) is 1.59. The van der Waals surface area contributed by atoms with Crippen LogP contribution in [0.1, 0.15) is 30.0 Å². The monoisotopic (exact) mass is 444 g/mol. The highest BCUT2D eigenvalue weighted by molar-refractivity contribution is 6.42. The summed E-state index contributed by atoms with van der Waals surface area (Å²) in [6.07, 6.45) is -0.259. The third-order valence-corrected chi connectivity index (χ3v) is 5.98.